The number of hydrogen-bond acceptors (Lipinski definition) is 3. The van der Waals surface area contributed by atoms with E-state index in [9.17, 15) is 5.11 Å². The zero-order valence-electron chi connectivity index (χ0n) is 16.1. The summed E-state index contributed by atoms with van der Waals surface area (Å²) in [7, 11) is 0. The third-order valence-electron chi connectivity index (χ3n) is 5.19. The van der Waals surface area contributed by atoms with Gasteiger partial charge >= 0.3 is 0 Å². The van der Waals surface area contributed by atoms with E-state index in [4.69, 9.17) is 4.99 Å². The maximum atomic E-state index is 9.27. The van der Waals surface area contributed by atoms with Crippen molar-refractivity contribution in [3.8, 4) is 0 Å². The van der Waals surface area contributed by atoms with Crippen LogP contribution in [0.3, 0.4) is 0 Å². The molecule has 142 valence electrons. The van der Waals surface area contributed by atoms with Gasteiger partial charge in [-0.1, -0.05) is 20.3 Å². The average Bonchev–Trinajstić information content (AvgIpc) is 3.14. The fourth-order valence-corrected chi connectivity index (χ4v) is 3.65. The Kier molecular flexibility index (Phi) is 8.25. The number of aliphatic imine (C=N–C) groups is 1. The summed E-state index contributed by atoms with van der Waals surface area (Å²) in [5, 5.41) is 12.7. The Labute approximate surface area is 152 Å². The summed E-state index contributed by atoms with van der Waals surface area (Å²) in [6.07, 6.45) is 10.1. The molecule has 2 N–H and O–H groups in total. The molecular weight excluding hydrogens is 314 g/mol. The molecule has 2 rings (SSSR count). The fourth-order valence-electron chi connectivity index (χ4n) is 3.65. The van der Waals surface area contributed by atoms with Crippen molar-refractivity contribution >= 4 is 5.96 Å². The lowest BCUT2D eigenvalue weighted by atomic mass is 9.93. The van der Waals surface area contributed by atoms with E-state index in [1.807, 2.05) is 12.5 Å². The molecule has 1 saturated heterocycles. The zero-order chi connectivity index (χ0) is 18.1. The number of nitrogens with one attached hydrogen (secondary N) is 1. The van der Waals surface area contributed by atoms with E-state index < -0.39 is 0 Å². The van der Waals surface area contributed by atoms with Gasteiger partial charge in [-0.3, -0.25) is 4.99 Å². The maximum Gasteiger partial charge on any atom is 0.193 e. The minimum Gasteiger partial charge on any atom is -0.396 e. The molecule has 0 saturated carbocycles. The first-order chi connectivity index (χ1) is 12.2. The minimum atomic E-state index is 0.251. The van der Waals surface area contributed by atoms with Gasteiger partial charge in [0.2, 0.25) is 0 Å². The smallest absolute Gasteiger partial charge is 0.193 e. The molecule has 0 radical (unpaired) electrons. The van der Waals surface area contributed by atoms with Crippen LogP contribution in [0.15, 0.2) is 23.7 Å². The van der Waals surface area contributed by atoms with E-state index in [2.05, 4.69) is 46.7 Å². The second-order valence-electron chi connectivity index (χ2n) is 7.15. The third-order valence-corrected chi connectivity index (χ3v) is 5.19. The first-order valence-electron chi connectivity index (χ1n) is 9.81. The van der Waals surface area contributed by atoms with Crippen molar-refractivity contribution < 1.29 is 5.11 Å². The maximum absolute atomic E-state index is 9.27. The summed E-state index contributed by atoms with van der Waals surface area (Å²) >= 11 is 0. The van der Waals surface area contributed by atoms with E-state index in [1.165, 1.54) is 0 Å². The molecule has 1 aromatic heterocycles. The predicted octanol–water partition coefficient (Wildman–Crippen LogP) is 2.53. The Morgan fingerprint density at radius 3 is 2.88 bits per heavy atom. The topological polar surface area (TPSA) is 65.7 Å². The van der Waals surface area contributed by atoms with Crippen LogP contribution in [0.2, 0.25) is 0 Å². The van der Waals surface area contributed by atoms with Gasteiger partial charge in [0.25, 0.3) is 0 Å². The SMILES string of the molecule is CCCC(CCO)CN=C(NCC)N1CCC(C)C(n2ccnc2)C1. The molecule has 3 atom stereocenters. The van der Waals surface area contributed by atoms with E-state index in [1.54, 1.807) is 0 Å². The van der Waals surface area contributed by atoms with Gasteiger partial charge < -0.3 is 19.9 Å². The van der Waals surface area contributed by atoms with Gasteiger partial charge in [-0.05, 0) is 38.0 Å². The molecule has 6 nitrogen and oxygen atoms in total. The first-order valence-corrected chi connectivity index (χ1v) is 9.81. The van der Waals surface area contributed by atoms with Gasteiger partial charge in [-0.2, -0.15) is 0 Å². The summed E-state index contributed by atoms with van der Waals surface area (Å²) < 4.78 is 2.23. The second kappa shape index (κ2) is 10.4. The lowest BCUT2D eigenvalue weighted by Crippen LogP contribution is -2.49. The van der Waals surface area contributed by atoms with Crippen molar-refractivity contribution in [2.24, 2.45) is 16.8 Å². The van der Waals surface area contributed by atoms with Crippen molar-refractivity contribution in [2.75, 3.05) is 32.8 Å². The number of nitrogens with zero attached hydrogens (tertiary/aromatic N) is 4. The number of aromatic nitrogens is 2. The number of piperidine rings is 1. The van der Waals surface area contributed by atoms with Crippen LogP contribution in [0.1, 0.15) is 52.5 Å². The highest BCUT2D eigenvalue weighted by Gasteiger charge is 2.28. The lowest BCUT2D eigenvalue weighted by Gasteiger charge is -2.39. The van der Waals surface area contributed by atoms with Crippen molar-refractivity contribution in [2.45, 2.75) is 52.5 Å². The molecule has 0 spiro atoms. The Balaban J connectivity index is 2.06. The van der Waals surface area contributed by atoms with Crippen LogP contribution >= 0.6 is 0 Å². The molecule has 2 heterocycles. The second-order valence-corrected chi connectivity index (χ2v) is 7.15. The minimum absolute atomic E-state index is 0.251. The van der Waals surface area contributed by atoms with E-state index in [0.717, 1.165) is 57.8 Å². The Morgan fingerprint density at radius 1 is 1.40 bits per heavy atom. The van der Waals surface area contributed by atoms with E-state index in [-0.39, 0.29) is 6.61 Å². The molecule has 3 unspecified atom stereocenters. The Hall–Kier alpha value is -1.56. The standard InChI is InChI=1S/C19H35N5O/c1-4-6-17(8-12-25)13-22-19(21-5-2)23-10-7-16(3)18(14-23)24-11-9-20-15-24/h9,11,15-18,25H,4-8,10,12-14H2,1-3H3,(H,21,22). The molecule has 1 fully saturated rings. The quantitative estimate of drug-likeness (QED) is 0.559. The normalized spacial score (nSPS) is 22.9. The predicted molar refractivity (Wildman–Crippen MR) is 103 cm³/mol. The summed E-state index contributed by atoms with van der Waals surface area (Å²) in [6, 6.07) is 0.434. The molecule has 0 aliphatic carbocycles. The van der Waals surface area contributed by atoms with Gasteiger partial charge in [0.15, 0.2) is 5.96 Å². The highest BCUT2D eigenvalue weighted by atomic mass is 16.3. The van der Waals surface area contributed by atoms with Gasteiger partial charge in [0.05, 0.1) is 12.4 Å². The number of aliphatic hydroxyl groups is 1. The van der Waals surface area contributed by atoms with E-state index in [0.29, 0.717) is 17.9 Å². The molecular formula is C19H35N5O. The molecule has 1 aliphatic rings. The Morgan fingerprint density at radius 2 is 2.24 bits per heavy atom. The number of hydrogen-bond donors (Lipinski definition) is 2. The van der Waals surface area contributed by atoms with Gasteiger partial charge in [0.1, 0.15) is 0 Å². The molecule has 0 bridgehead atoms. The summed E-state index contributed by atoms with van der Waals surface area (Å²) in [6.45, 7) is 10.6. The van der Waals surface area contributed by atoms with E-state index >= 15 is 0 Å². The van der Waals surface area contributed by atoms with Crippen LogP contribution in [-0.4, -0.2) is 58.3 Å². The highest BCUT2D eigenvalue weighted by molar-refractivity contribution is 5.80. The monoisotopic (exact) mass is 349 g/mol. The van der Waals surface area contributed by atoms with Crippen molar-refractivity contribution in [1.82, 2.24) is 19.8 Å². The highest BCUT2D eigenvalue weighted by Crippen LogP contribution is 2.27. The zero-order valence-corrected chi connectivity index (χ0v) is 16.1. The number of guanidine groups is 1. The van der Waals surface area contributed by atoms with Crippen molar-refractivity contribution in [3.05, 3.63) is 18.7 Å². The number of likely N-dealkylation sites (tertiary alicyclic amines) is 1. The molecule has 1 aliphatic heterocycles. The summed E-state index contributed by atoms with van der Waals surface area (Å²) in [5.74, 6) is 2.12. The van der Waals surface area contributed by atoms with Gasteiger partial charge in [-0.25, -0.2) is 4.98 Å². The van der Waals surface area contributed by atoms with Crippen molar-refractivity contribution in [1.29, 1.82) is 0 Å². The first kappa shape index (κ1) is 19.8. The average molecular weight is 350 g/mol. The van der Waals surface area contributed by atoms with Crippen molar-refractivity contribution in [3.63, 3.8) is 0 Å². The number of rotatable bonds is 8. The van der Waals surface area contributed by atoms with Crippen LogP contribution in [0.25, 0.3) is 0 Å². The van der Waals surface area contributed by atoms with Crippen LogP contribution < -0.4 is 5.32 Å². The number of imidazole rings is 1. The van der Waals surface area contributed by atoms with Gasteiger partial charge in [-0.15, -0.1) is 0 Å². The lowest BCUT2D eigenvalue weighted by molar-refractivity contribution is 0.188. The third kappa shape index (κ3) is 5.73. The van der Waals surface area contributed by atoms with Crippen LogP contribution in [0, 0.1) is 11.8 Å². The largest absolute Gasteiger partial charge is 0.396 e. The molecule has 6 heteroatoms. The molecule has 1 aromatic rings. The summed E-state index contributed by atoms with van der Waals surface area (Å²) in [4.78, 5) is 11.5. The molecule has 25 heavy (non-hydrogen) atoms. The molecule has 0 aromatic carbocycles. The number of aliphatic hydroxyl groups excluding tert-OH is 1. The summed E-state index contributed by atoms with van der Waals surface area (Å²) in [5.41, 5.74) is 0. The Bertz CT molecular complexity index is 496. The molecule has 0 amide bonds. The van der Waals surface area contributed by atoms with Gasteiger partial charge in [0, 0.05) is 45.2 Å². The van der Waals surface area contributed by atoms with Crippen LogP contribution in [0.4, 0.5) is 0 Å². The fraction of sp³-hybridized carbons (Fsp3) is 0.789. The van der Waals surface area contributed by atoms with Crippen LogP contribution in [-0.2, 0) is 0 Å². The van der Waals surface area contributed by atoms with Crippen LogP contribution in [0.5, 0.6) is 0 Å².